The number of nitrogens with zero attached hydrogens (tertiary/aromatic N) is 1. The highest BCUT2D eigenvalue weighted by molar-refractivity contribution is 5.78. The molecule has 0 aliphatic carbocycles. The highest BCUT2D eigenvalue weighted by atomic mass is 16.4. The molecule has 0 bridgehead atoms. The Morgan fingerprint density at radius 1 is 1.54 bits per heavy atom. The van der Waals surface area contributed by atoms with Gasteiger partial charge in [-0.05, 0) is 12.8 Å². The monoisotopic (exact) mass is 188 g/mol. The van der Waals surface area contributed by atoms with Gasteiger partial charge in [-0.1, -0.05) is 26.7 Å². The molecule has 0 spiro atoms. The number of nitroso groups, excluding NO2 is 1. The number of unbranched alkanes of at least 4 members (excludes halogenated alkanes) is 1. The summed E-state index contributed by atoms with van der Waals surface area (Å²) >= 11 is 0. The minimum atomic E-state index is -1.17. The van der Waals surface area contributed by atoms with Crippen molar-refractivity contribution >= 4 is 5.97 Å². The van der Waals surface area contributed by atoms with E-state index in [-0.39, 0.29) is 0 Å². The molecule has 1 atom stereocenters. The number of carboxylic acids is 1. The van der Waals surface area contributed by atoms with Crippen molar-refractivity contribution in [3.05, 3.63) is 4.91 Å². The topological polar surface area (TPSA) is 78.8 Å². The molecular weight excluding hydrogens is 172 g/mol. The Bertz CT molecular complexity index is 184. The molecule has 0 radical (unpaired) electrons. The largest absolute Gasteiger partial charge is 0.479 e. The first kappa shape index (κ1) is 11.9. The zero-order valence-corrected chi connectivity index (χ0v) is 8.04. The molecule has 0 aromatic carbocycles. The molecule has 0 saturated heterocycles. The summed E-state index contributed by atoms with van der Waals surface area (Å²) in [5, 5.41) is 11.4. The van der Waals surface area contributed by atoms with Gasteiger partial charge in [-0.3, -0.25) is 5.43 Å². The number of carbonyl (C=O) groups is 1. The number of hydrogen-bond acceptors (Lipinski definition) is 3. The van der Waals surface area contributed by atoms with E-state index in [1.54, 1.807) is 6.92 Å². The summed E-state index contributed by atoms with van der Waals surface area (Å²) in [6.45, 7) is 3.69. The first-order valence-corrected chi connectivity index (χ1v) is 4.46. The molecule has 0 aromatic rings. The first-order chi connectivity index (χ1) is 6.13. The van der Waals surface area contributed by atoms with Crippen molar-refractivity contribution in [2.75, 3.05) is 0 Å². The lowest BCUT2D eigenvalue weighted by atomic mass is 9.91. The van der Waals surface area contributed by atoms with E-state index in [2.05, 4.69) is 10.7 Å². The summed E-state index contributed by atoms with van der Waals surface area (Å²) in [5.41, 5.74) is 0.981. The lowest BCUT2D eigenvalue weighted by Gasteiger charge is -2.25. The minimum absolute atomic E-state index is 0.355. The van der Waals surface area contributed by atoms with E-state index in [1.807, 2.05) is 6.92 Å². The molecule has 76 valence electrons. The molecule has 0 aliphatic heterocycles. The summed E-state index contributed by atoms with van der Waals surface area (Å²) in [6.07, 6.45) is 2.45. The van der Waals surface area contributed by atoms with Crippen LogP contribution >= 0.6 is 0 Å². The van der Waals surface area contributed by atoms with Crippen LogP contribution in [0, 0.1) is 4.91 Å². The third kappa shape index (κ3) is 3.01. The van der Waals surface area contributed by atoms with Crippen LogP contribution in [0.25, 0.3) is 0 Å². The fraction of sp³-hybridized carbons (Fsp3) is 0.875. The van der Waals surface area contributed by atoms with Crippen LogP contribution in [-0.4, -0.2) is 16.6 Å². The van der Waals surface area contributed by atoms with Crippen LogP contribution in [-0.2, 0) is 4.79 Å². The van der Waals surface area contributed by atoms with Crippen molar-refractivity contribution in [2.24, 2.45) is 5.29 Å². The van der Waals surface area contributed by atoms with Crippen LogP contribution < -0.4 is 5.43 Å². The van der Waals surface area contributed by atoms with Crippen molar-refractivity contribution in [1.82, 2.24) is 5.43 Å². The first-order valence-electron chi connectivity index (χ1n) is 4.46. The Hall–Kier alpha value is -1.13. The smallest absolute Gasteiger partial charge is 0.331 e. The van der Waals surface area contributed by atoms with Crippen LogP contribution in [0.5, 0.6) is 0 Å². The summed E-state index contributed by atoms with van der Waals surface area (Å²) in [6, 6.07) is 0. The predicted molar refractivity (Wildman–Crippen MR) is 49.1 cm³/mol. The molecule has 0 fully saturated rings. The molecule has 5 nitrogen and oxygen atoms in total. The van der Waals surface area contributed by atoms with Crippen molar-refractivity contribution in [3.63, 3.8) is 0 Å². The molecule has 1 unspecified atom stereocenters. The third-order valence-corrected chi connectivity index (χ3v) is 2.23. The van der Waals surface area contributed by atoms with E-state index in [4.69, 9.17) is 5.11 Å². The fourth-order valence-electron chi connectivity index (χ4n) is 1.18. The minimum Gasteiger partial charge on any atom is -0.479 e. The van der Waals surface area contributed by atoms with Crippen LogP contribution in [0.1, 0.15) is 39.5 Å². The molecule has 13 heavy (non-hydrogen) atoms. The quantitative estimate of drug-likeness (QED) is 0.470. The summed E-state index contributed by atoms with van der Waals surface area (Å²) in [4.78, 5) is 20.9. The number of aliphatic carboxylic acids is 1. The van der Waals surface area contributed by atoms with Gasteiger partial charge in [-0.25, -0.2) is 4.79 Å². The van der Waals surface area contributed by atoms with Gasteiger partial charge in [0.2, 0.25) is 0 Å². The average molecular weight is 188 g/mol. The zero-order valence-electron chi connectivity index (χ0n) is 8.04. The van der Waals surface area contributed by atoms with Crippen LogP contribution in [0.4, 0.5) is 0 Å². The van der Waals surface area contributed by atoms with Gasteiger partial charge in [-0.2, -0.15) is 0 Å². The van der Waals surface area contributed by atoms with E-state index >= 15 is 0 Å². The lowest BCUT2D eigenvalue weighted by molar-refractivity contribution is -0.145. The number of rotatable bonds is 7. The van der Waals surface area contributed by atoms with Crippen molar-refractivity contribution < 1.29 is 9.90 Å². The molecule has 0 aliphatic rings. The molecule has 0 aromatic heterocycles. The van der Waals surface area contributed by atoms with Gasteiger partial charge in [0, 0.05) is 0 Å². The molecule has 0 heterocycles. The Kier molecular flexibility index (Phi) is 5.03. The molecule has 2 N–H and O–H groups in total. The normalized spacial score (nSPS) is 14.6. The van der Waals surface area contributed by atoms with Gasteiger partial charge >= 0.3 is 5.97 Å². The van der Waals surface area contributed by atoms with E-state index in [9.17, 15) is 9.70 Å². The molecule has 0 rings (SSSR count). The van der Waals surface area contributed by atoms with Crippen molar-refractivity contribution in [1.29, 1.82) is 0 Å². The van der Waals surface area contributed by atoms with Gasteiger partial charge in [-0.15, -0.1) is 4.91 Å². The van der Waals surface area contributed by atoms with Gasteiger partial charge in [0.05, 0.1) is 5.29 Å². The maximum absolute atomic E-state index is 10.9. The number of nitrogens with one attached hydrogen (secondary N) is 1. The second-order valence-electron chi connectivity index (χ2n) is 3.05. The molecule has 0 saturated carbocycles. The Labute approximate surface area is 77.5 Å². The van der Waals surface area contributed by atoms with Gasteiger partial charge < -0.3 is 5.11 Å². The van der Waals surface area contributed by atoms with E-state index < -0.39 is 11.5 Å². The van der Waals surface area contributed by atoms with E-state index in [0.29, 0.717) is 12.8 Å². The lowest BCUT2D eigenvalue weighted by Crippen LogP contribution is -2.49. The van der Waals surface area contributed by atoms with Gasteiger partial charge in [0.1, 0.15) is 0 Å². The van der Waals surface area contributed by atoms with Gasteiger partial charge in [0.25, 0.3) is 0 Å². The Balaban J connectivity index is 4.43. The van der Waals surface area contributed by atoms with Crippen molar-refractivity contribution in [2.45, 2.75) is 45.1 Å². The summed E-state index contributed by atoms with van der Waals surface area (Å²) in [7, 11) is 0. The second kappa shape index (κ2) is 5.50. The fourth-order valence-corrected chi connectivity index (χ4v) is 1.18. The van der Waals surface area contributed by atoms with E-state index in [1.165, 1.54) is 0 Å². The Morgan fingerprint density at radius 2 is 2.15 bits per heavy atom. The predicted octanol–water partition coefficient (Wildman–Crippen LogP) is 1.68. The molecular formula is C8H16N2O3. The standard InChI is InChI=1S/C8H16N2O3/c1-3-5-6-8(4-2,7(11)12)9-10-13/h3-6H2,1-2H3,(H,9,13)(H,11,12). The average Bonchev–Trinajstić information content (AvgIpc) is 2.12. The highest BCUT2D eigenvalue weighted by Crippen LogP contribution is 2.19. The van der Waals surface area contributed by atoms with E-state index in [0.717, 1.165) is 12.8 Å². The summed E-state index contributed by atoms with van der Waals surface area (Å²) < 4.78 is 0. The number of hydrogen-bond donors (Lipinski definition) is 2. The zero-order chi connectivity index (χ0) is 10.3. The Morgan fingerprint density at radius 3 is 2.46 bits per heavy atom. The second-order valence-corrected chi connectivity index (χ2v) is 3.05. The molecule has 5 heteroatoms. The van der Waals surface area contributed by atoms with Crippen LogP contribution in [0.15, 0.2) is 5.29 Å². The maximum atomic E-state index is 10.9. The highest BCUT2D eigenvalue weighted by Gasteiger charge is 2.36. The molecule has 0 amide bonds. The van der Waals surface area contributed by atoms with Crippen LogP contribution in [0.2, 0.25) is 0 Å². The maximum Gasteiger partial charge on any atom is 0.331 e. The SMILES string of the molecule is CCCCC(CC)(NN=O)C(=O)O. The van der Waals surface area contributed by atoms with Crippen molar-refractivity contribution in [3.8, 4) is 0 Å². The van der Waals surface area contributed by atoms with Gasteiger partial charge in [0.15, 0.2) is 5.54 Å². The third-order valence-electron chi connectivity index (χ3n) is 2.23. The number of carboxylic acid groups (broad SMARTS) is 1. The summed E-state index contributed by atoms with van der Waals surface area (Å²) in [5.74, 6) is -1.01. The van der Waals surface area contributed by atoms with Crippen LogP contribution in [0.3, 0.4) is 0 Å².